The average Bonchev–Trinajstić information content (AvgIpc) is 2.85. The van der Waals surface area contributed by atoms with E-state index in [0.717, 1.165) is 15.7 Å². The minimum Gasteiger partial charge on any atom is -0.461 e. The molecule has 0 radical (unpaired) electrons. The van der Waals surface area contributed by atoms with Crippen molar-refractivity contribution >= 4 is 21.9 Å². The Balaban J connectivity index is 2.31. The van der Waals surface area contributed by atoms with Crippen LogP contribution in [0.25, 0.3) is 0 Å². The molecule has 0 aliphatic rings. The van der Waals surface area contributed by atoms with Crippen LogP contribution in [0.15, 0.2) is 28.7 Å². The largest absolute Gasteiger partial charge is 0.461 e. The first-order chi connectivity index (χ1) is 10.0. The Morgan fingerprint density at radius 2 is 2.00 bits per heavy atom. The highest BCUT2D eigenvalue weighted by molar-refractivity contribution is 9.10. The molecule has 0 N–H and O–H groups in total. The predicted molar refractivity (Wildman–Crippen MR) is 83.3 cm³/mol. The highest BCUT2D eigenvalue weighted by Crippen LogP contribution is 2.20. The highest BCUT2D eigenvalue weighted by atomic mass is 79.9. The Labute approximate surface area is 132 Å². The summed E-state index contributed by atoms with van der Waals surface area (Å²) in [4.78, 5) is 11.9. The van der Waals surface area contributed by atoms with Gasteiger partial charge in [-0.15, -0.1) is 5.10 Å². The van der Waals surface area contributed by atoms with Gasteiger partial charge in [0.1, 0.15) is 0 Å². The van der Waals surface area contributed by atoms with Gasteiger partial charge < -0.3 is 4.74 Å². The van der Waals surface area contributed by atoms with Crippen LogP contribution in [-0.2, 0) is 11.3 Å². The summed E-state index contributed by atoms with van der Waals surface area (Å²) >= 11 is 3.41. The highest BCUT2D eigenvalue weighted by Gasteiger charge is 2.23. The van der Waals surface area contributed by atoms with Gasteiger partial charge >= 0.3 is 5.97 Å². The van der Waals surface area contributed by atoms with Gasteiger partial charge in [-0.25, -0.2) is 9.48 Å². The van der Waals surface area contributed by atoms with E-state index in [1.807, 2.05) is 38.1 Å². The summed E-state index contributed by atoms with van der Waals surface area (Å²) in [6.45, 7) is 6.71. The molecule has 6 heteroatoms. The number of rotatable bonds is 5. The topological polar surface area (TPSA) is 57.0 Å². The van der Waals surface area contributed by atoms with Gasteiger partial charge in [-0.1, -0.05) is 47.1 Å². The second-order valence-electron chi connectivity index (χ2n) is 4.98. The van der Waals surface area contributed by atoms with E-state index in [1.165, 1.54) is 0 Å². The van der Waals surface area contributed by atoms with Crippen molar-refractivity contribution in [2.24, 2.45) is 0 Å². The van der Waals surface area contributed by atoms with Gasteiger partial charge in [0.15, 0.2) is 5.69 Å². The quantitative estimate of drug-likeness (QED) is 0.774. The third-order valence-electron chi connectivity index (χ3n) is 3.03. The Morgan fingerprint density at radius 3 is 2.57 bits per heavy atom. The van der Waals surface area contributed by atoms with Gasteiger partial charge in [-0.2, -0.15) is 0 Å². The molecule has 0 amide bonds. The standard InChI is InChI=1S/C15H18BrN3O2/c1-4-21-15(20)13-14(10(2)3)19(18-17-13)9-11-5-7-12(16)8-6-11/h5-8,10H,4,9H2,1-3H3. The van der Waals surface area contributed by atoms with Crippen LogP contribution in [0.5, 0.6) is 0 Å². The van der Waals surface area contributed by atoms with Crippen LogP contribution in [0, 0.1) is 0 Å². The van der Waals surface area contributed by atoms with Crippen LogP contribution in [-0.4, -0.2) is 27.6 Å². The van der Waals surface area contributed by atoms with E-state index >= 15 is 0 Å². The van der Waals surface area contributed by atoms with Crippen molar-refractivity contribution in [3.05, 3.63) is 45.7 Å². The van der Waals surface area contributed by atoms with Gasteiger partial charge in [-0.05, 0) is 30.5 Å². The number of benzene rings is 1. The first kappa shape index (κ1) is 15.7. The van der Waals surface area contributed by atoms with Crippen LogP contribution in [0.4, 0.5) is 0 Å². The Hall–Kier alpha value is -1.69. The maximum atomic E-state index is 11.9. The number of carbonyl (C=O) groups excluding carboxylic acids is 1. The SMILES string of the molecule is CCOC(=O)c1nnn(Cc2ccc(Br)cc2)c1C(C)C. The molecule has 0 atom stereocenters. The summed E-state index contributed by atoms with van der Waals surface area (Å²) < 4.78 is 7.83. The predicted octanol–water partition coefficient (Wildman–Crippen LogP) is 3.39. The smallest absolute Gasteiger partial charge is 0.360 e. The zero-order valence-corrected chi connectivity index (χ0v) is 13.9. The fourth-order valence-corrected chi connectivity index (χ4v) is 2.38. The first-order valence-electron chi connectivity index (χ1n) is 6.87. The van der Waals surface area contributed by atoms with Gasteiger partial charge in [0.2, 0.25) is 0 Å². The van der Waals surface area contributed by atoms with Crippen LogP contribution < -0.4 is 0 Å². The Kier molecular flexibility index (Phi) is 5.12. The van der Waals surface area contributed by atoms with Crippen LogP contribution in [0.1, 0.15) is 48.4 Å². The lowest BCUT2D eigenvalue weighted by molar-refractivity contribution is 0.0517. The number of esters is 1. The molecule has 0 bridgehead atoms. The molecule has 2 aromatic rings. The van der Waals surface area contributed by atoms with E-state index in [1.54, 1.807) is 11.6 Å². The van der Waals surface area contributed by atoms with E-state index in [4.69, 9.17) is 4.74 Å². The summed E-state index contributed by atoms with van der Waals surface area (Å²) in [6, 6.07) is 7.99. The molecule has 5 nitrogen and oxygen atoms in total. The van der Waals surface area contributed by atoms with E-state index in [2.05, 4.69) is 26.2 Å². The molecule has 0 unspecified atom stereocenters. The molecule has 21 heavy (non-hydrogen) atoms. The van der Waals surface area contributed by atoms with Crippen molar-refractivity contribution in [1.82, 2.24) is 15.0 Å². The monoisotopic (exact) mass is 351 g/mol. The van der Waals surface area contributed by atoms with E-state index < -0.39 is 5.97 Å². The number of halogens is 1. The molecule has 0 aliphatic heterocycles. The molecule has 0 saturated carbocycles. The minimum absolute atomic E-state index is 0.134. The number of nitrogens with zero attached hydrogens (tertiary/aromatic N) is 3. The summed E-state index contributed by atoms with van der Waals surface area (Å²) in [6.07, 6.45) is 0. The Morgan fingerprint density at radius 1 is 1.33 bits per heavy atom. The molecule has 112 valence electrons. The fraction of sp³-hybridized carbons (Fsp3) is 0.400. The third-order valence-corrected chi connectivity index (χ3v) is 3.56. The molecular weight excluding hydrogens is 334 g/mol. The number of carbonyl (C=O) groups is 1. The first-order valence-corrected chi connectivity index (χ1v) is 7.67. The molecule has 1 aromatic carbocycles. The third kappa shape index (κ3) is 3.69. The zero-order chi connectivity index (χ0) is 15.4. The summed E-state index contributed by atoms with van der Waals surface area (Å²) in [5.74, 6) is -0.280. The van der Waals surface area contributed by atoms with Crippen molar-refractivity contribution in [2.75, 3.05) is 6.61 Å². The number of ether oxygens (including phenoxy) is 1. The van der Waals surface area contributed by atoms with Crippen LogP contribution in [0.2, 0.25) is 0 Å². The summed E-state index contributed by atoms with van der Waals surface area (Å²) in [5.41, 5.74) is 2.21. The number of hydrogen-bond donors (Lipinski definition) is 0. The lowest BCUT2D eigenvalue weighted by Crippen LogP contribution is -2.12. The zero-order valence-electron chi connectivity index (χ0n) is 12.3. The van der Waals surface area contributed by atoms with Crippen molar-refractivity contribution in [3.63, 3.8) is 0 Å². The lowest BCUT2D eigenvalue weighted by atomic mass is 10.1. The Bertz CT molecular complexity index is 620. The number of hydrogen-bond acceptors (Lipinski definition) is 4. The molecule has 1 heterocycles. The van der Waals surface area contributed by atoms with Gasteiger partial charge in [-0.3, -0.25) is 0 Å². The fourth-order valence-electron chi connectivity index (χ4n) is 2.12. The van der Waals surface area contributed by atoms with E-state index in [9.17, 15) is 4.79 Å². The second-order valence-corrected chi connectivity index (χ2v) is 5.90. The molecule has 2 rings (SSSR count). The van der Waals surface area contributed by atoms with Crippen molar-refractivity contribution < 1.29 is 9.53 Å². The number of aromatic nitrogens is 3. The molecule has 1 aromatic heterocycles. The molecule has 0 spiro atoms. The van der Waals surface area contributed by atoms with Crippen molar-refractivity contribution in [1.29, 1.82) is 0 Å². The van der Waals surface area contributed by atoms with Gasteiger partial charge in [0.25, 0.3) is 0 Å². The molecule has 0 aliphatic carbocycles. The molecular formula is C15H18BrN3O2. The normalized spacial score (nSPS) is 10.9. The lowest BCUT2D eigenvalue weighted by Gasteiger charge is -2.11. The molecule has 0 saturated heterocycles. The van der Waals surface area contributed by atoms with Crippen LogP contribution in [0.3, 0.4) is 0 Å². The van der Waals surface area contributed by atoms with Crippen molar-refractivity contribution in [3.8, 4) is 0 Å². The maximum absolute atomic E-state index is 11.9. The average molecular weight is 352 g/mol. The van der Waals surface area contributed by atoms with Gasteiger partial charge in [0, 0.05) is 4.47 Å². The van der Waals surface area contributed by atoms with Gasteiger partial charge in [0.05, 0.1) is 18.8 Å². The summed E-state index contributed by atoms with van der Waals surface area (Å²) in [5, 5.41) is 8.11. The van der Waals surface area contributed by atoms with Crippen LogP contribution >= 0.6 is 15.9 Å². The maximum Gasteiger partial charge on any atom is 0.360 e. The molecule has 0 fully saturated rings. The van der Waals surface area contributed by atoms with E-state index in [-0.39, 0.29) is 5.92 Å². The van der Waals surface area contributed by atoms with E-state index in [0.29, 0.717) is 18.8 Å². The van der Waals surface area contributed by atoms with Crippen molar-refractivity contribution in [2.45, 2.75) is 33.2 Å². The minimum atomic E-state index is -0.414. The second kappa shape index (κ2) is 6.85. The summed E-state index contributed by atoms with van der Waals surface area (Å²) in [7, 11) is 0.